The molecule has 2 unspecified atom stereocenters. The van der Waals surface area contributed by atoms with Crippen molar-refractivity contribution >= 4 is 17.5 Å². The molecule has 120 valence electrons. The molecule has 0 aromatic heterocycles. The van der Waals surface area contributed by atoms with Gasteiger partial charge >= 0.3 is 0 Å². The average Bonchev–Trinajstić information content (AvgIpc) is 2.51. The molecule has 0 spiro atoms. The molecular weight excluding hydrogens is 298 g/mol. The third kappa shape index (κ3) is 5.32. The number of carbonyl (C=O) groups is 1. The van der Waals surface area contributed by atoms with Gasteiger partial charge in [0.05, 0.1) is 18.5 Å². The van der Waals surface area contributed by atoms with Crippen LogP contribution in [0.5, 0.6) is 0 Å². The van der Waals surface area contributed by atoms with Crippen molar-refractivity contribution in [1.29, 1.82) is 5.26 Å². The number of hydrogen-bond donors (Lipinski definition) is 0. The highest BCUT2D eigenvalue weighted by molar-refractivity contribution is 6.30. The molecule has 0 N–H and O–H groups in total. The Morgan fingerprint density at radius 3 is 2.41 bits per heavy atom. The fourth-order valence-corrected chi connectivity index (χ4v) is 2.35. The minimum Gasteiger partial charge on any atom is -0.341 e. The number of carbonyl (C=O) groups excluding carboxylic acids is 1. The second kappa shape index (κ2) is 8.77. The maximum atomic E-state index is 12.4. The van der Waals surface area contributed by atoms with E-state index < -0.39 is 0 Å². The van der Waals surface area contributed by atoms with E-state index in [0.29, 0.717) is 24.7 Å². The second-order valence-corrected chi connectivity index (χ2v) is 6.04. The van der Waals surface area contributed by atoms with E-state index in [0.717, 1.165) is 5.56 Å². The van der Waals surface area contributed by atoms with Gasteiger partial charge in [0.2, 0.25) is 5.91 Å². The van der Waals surface area contributed by atoms with Gasteiger partial charge in [-0.1, -0.05) is 23.7 Å². The zero-order chi connectivity index (χ0) is 16.7. The summed E-state index contributed by atoms with van der Waals surface area (Å²) in [6.07, 6.45) is 0. The van der Waals surface area contributed by atoms with E-state index in [9.17, 15) is 4.79 Å². The topological polar surface area (TPSA) is 47.3 Å². The third-order valence-electron chi connectivity index (χ3n) is 3.85. The van der Waals surface area contributed by atoms with Crippen molar-refractivity contribution in [3.63, 3.8) is 0 Å². The van der Waals surface area contributed by atoms with Crippen LogP contribution in [0.1, 0.15) is 32.4 Å². The van der Waals surface area contributed by atoms with Gasteiger partial charge in [-0.05, 0) is 45.5 Å². The van der Waals surface area contributed by atoms with Crippen molar-refractivity contribution in [3.05, 3.63) is 34.9 Å². The number of likely N-dealkylation sites (N-methyl/N-ethyl adjacent to an activating group) is 2. The lowest BCUT2D eigenvalue weighted by atomic mass is 10.1. The van der Waals surface area contributed by atoms with Crippen LogP contribution in [0.15, 0.2) is 24.3 Å². The fourth-order valence-electron chi connectivity index (χ4n) is 2.22. The maximum Gasteiger partial charge on any atom is 0.236 e. The van der Waals surface area contributed by atoms with E-state index in [1.165, 1.54) is 0 Å². The van der Waals surface area contributed by atoms with Crippen molar-refractivity contribution in [3.8, 4) is 6.07 Å². The second-order valence-electron chi connectivity index (χ2n) is 5.61. The van der Waals surface area contributed by atoms with Crippen LogP contribution in [0.25, 0.3) is 0 Å². The van der Waals surface area contributed by atoms with Gasteiger partial charge in [0, 0.05) is 24.2 Å². The number of hydrogen-bond acceptors (Lipinski definition) is 3. The Morgan fingerprint density at radius 2 is 1.91 bits per heavy atom. The van der Waals surface area contributed by atoms with Crippen LogP contribution in [0.3, 0.4) is 0 Å². The van der Waals surface area contributed by atoms with Gasteiger partial charge in [-0.25, -0.2) is 0 Å². The molecule has 0 aliphatic carbocycles. The summed E-state index contributed by atoms with van der Waals surface area (Å²) in [5.74, 6) is -0.101. The molecule has 0 fully saturated rings. The third-order valence-corrected chi connectivity index (χ3v) is 4.10. The first-order valence-electron chi connectivity index (χ1n) is 7.52. The molecule has 0 heterocycles. The summed E-state index contributed by atoms with van der Waals surface area (Å²) < 4.78 is 0. The van der Waals surface area contributed by atoms with Crippen LogP contribution in [0.2, 0.25) is 5.02 Å². The summed E-state index contributed by atoms with van der Waals surface area (Å²) in [6, 6.07) is 9.96. The van der Waals surface area contributed by atoms with Crippen molar-refractivity contribution in [2.75, 3.05) is 26.7 Å². The molecule has 0 saturated carbocycles. The van der Waals surface area contributed by atoms with Crippen LogP contribution in [-0.2, 0) is 4.79 Å². The molecule has 1 rings (SSSR count). The minimum atomic E-state index is -0.150. The van der Waals surface area contributed by atoms with Crippen LogP contribution >= 0.6 is 11.6 Å². The number of amides is 1. The first kappa shape index (κ1) is 18.5. The molecule has 0 aliphatic rings. The van der Waals surface area contributed by atoms with Crippen molar-refractivity contribution < 1.29 is 4.79 Å². The maximum absolute atomic E-state index is 12.4. The Kier molecular flexibility index (Phi) is 7.37. The first-order valence-corrected chi connectivity index (χ1v) is 7.89. The van der Waals surface area contributed by atoms with Crippen molar-refractivity contribution in [1.82, 2.24) is 9.80 Å². The number of halogens is 1. The van der Waals surface area contributed by atoms with Crippen LogP contribution in [0, 0.1) is 17.2 Å². The predicted octanol–water partition coefficient (Wildman–Crippen LogP) is 3.34. The molecule has 0 aliphatic heterocycles. The van der Waals surface area contributed by atoms with Gasteiger partial charge in [-0.3, -0.25) is 9.69 Å². The predicted molar refractivity (Wildman–Crippen MR) is 89.5 cm³/mol. The average molecular weight is 322 g/mol. The van der Waals surface area contributed by atoms with Crippen molar-refractivity contribution in [2.24, 2.45) is 5.92 Å². The highest BCUT2D eigenvalue weighted by Crippen LogP contribution is 2.20. The Hall–Kier alpha value is -1.57. The van der Waals surface area contributed by atoms with Crippen LogP contribution in [-0.4, -0.2) is 42.4 Å². The largest absolute Gasteiger partial charge is 0.341 e. The fraction of sp³-hybridized carbons (Fsp3) is 0.529. The van der Waals surface area contributed by atoms with Crippen LogP contribution < -0.4 is 0 Å². The lowest BCUT2D eigenvalue weighted by molar-refractivity contribution is -0.132. The van der Waals surface area contributed by atoms with Gasteiger partial charge in [-0.15, -0.1) is 0 Å². The summed E-state index contributed by atoms with van der Waals surface area (Å²) >= 11 is 5.90. The molecule has 5 heteroatoms. The number of rotatable bonds is 7. The molecule has 1 aromatic carbocycles. The summed E-state index contributed by atoms with van der Waals surface area (Å²) in [5, 5.41) is 9.60. The Balaban J connectivity index is 2.65. The van der Waals surface area contributed by atoms with E-state index in [4.69, 9.17) is 16.9 Å². The summed E-state index contributed by atoms with van der Waals surface area (Å²) in [5.41, 5.74) is 1.12. The van der Waals surface area contributed by atoms with E-state index in [2.05, 4.69) is 13.0 Å². The van der Waals surface area contributed by atoms with Crippen molar-refractivity contribution in [2.45, 2.75) is 26.8 Å². The molecule has 22 heavy (non-hydrogen) atoms. The Bertz CT molecular complexity index is 524. The molecule has 1 aromatic rings. The molecular formula is C17H24ClN3O. The molecule has 4 nitrogen and oxygen atoms in total. The highest BCUT2D eigenvalue weighted by atomic mass is 35.5. The number of benzene rings is 1. The lowest BCUT2D eigenvalue weighted by Crippen LogP contribution is -2.41. The Labute approximate surface area is 138 Å². The van der Waals surface area contributed by atoms with E-state index in [1.54, 1.807) is 4.90 Å². The minimum absolute atomic E-state index is 0.0490. The van der Waals surface area contributed by atoms with Crippen LogP contribution in [0.4, 0.5) is 0 Å². The lowest BCUT2D eigenvalue weighted by Gasteiger charge is -2.28. The summed E-state index contributed by atoms with van der Waals surface area (Å²) in [6.45, 7) is 7.25. The van der Waals surface area contributed by atoms with Gasteiger partial charge in [-0.2, -0.15) is 5.26 Å². The smallest absolute Gasteiger partial charge is 0.236 e. The van der Waals surface area contributed by atoms with Gasteiger partial charge < -0.3 is 4.90 Å². The monoisotopic (exact) mass is 321 g/mol. The quantitative estimate of drug-likeness (QED) is 0.773. The Morgan fingerprint density at radius 1 is 1.32 bits per heavy atom. The van der Waals surface area contributed by atoms with Gasteiger partial charge in [0.25, 0.3) is 0 Å². The van der Waals surface area contributed by atoms with E-state index >= 15 is 0 Å². The standard InChI is InChI=1S/C17H24ClN3O/c1-5-21(11-13(2)10-19)17(22)12-20(4)14(3)15-6-8-16(18)9-7-15/h6-9,13-14H,5,11-12H2,1-4H3. The van der Waals surface area contributed by atoms with Gasteiger partial charge in [0.15, 0.2) is 0 Å². The number of nitrogens with zero attached hydrogens (tertiary/aromatic N) is 3. The van der Waals surface area contributed by atoms with Gasteiger partial charge in [0.1, 0.15) is 0 Å². The molecule has 2 atom stereocenters. The number of nitriles is 1. The van der Waals surface area contributed by atoms with E-state index in [1.807, 2.05) is 50.1 Å². The molecule has 0 bridgehead atoms. The normalized spacial score (nSPS) is 13.5. The summed E-state index contributed by atoms with van der Waals surface area (Å²) in [7, 11) is 1.93. The highest BCUT2D eigenvalue weighted by Gasteiger charge is 2.19. The molecule has 0 saturated heterocycles. The zero-order valence-electron chi connectivity index (χ0n) is 13.7. The molecule has 1 amide bonds. The first-order chi connectivity index (χ1) is 10.4. The summed E-state index contributed by atoms with van der Waals surface area (Å²) in [4.78, 5) is 16.1. The SMILES string of the molecule is CCN(CC(C)C#N)C(=O)CN(C)C(C)c1ccc(Cl)cc1. The zero-order valence-corrected chi connectivity index (χ0v) is 14.5. The van der Waals surface area contributed by atoms with E-state index in [-0.39, 0.29) is 17.9 Å². The molecule has 0 radical (unpaired) electrons.